The molecule has 0 fully saturated rings. The second-order valence-electron chi connectivity index (χ2n) is 10.1. The van der Waals surface area contributed by atoms with E-state index in [0.717, 1.165) is 0 Å². The minimum atomic E-state index is -1.27. The zero-order valence-electron chi connectivity index (χ0n) is 24.9. The fraction of sp³-hybridized carbons (Fsp3) is 0.519. The summed E-state index contributed by atoms with van der Waals surface area (Å²) in [5.41, 5.74) is 22.0. The van der Waals surface area contributed by atoms with Crippen molar-refractivity contribution in [3.63, 3.8) is 0 Å². The average molecular weight is 641 g/mol. The van der Waals surface area contributed by atoms with Gasteiger partial charge in [-0.2, -0.15) is 0 Å². The van der Waals surface area contributed by atoms with Crippen molar-refractivity contribution in [2.75, 3.05) is 13.1 Å². The van der Waals surface area contributed by atoms with Gasteiger partial charge in [-0.3, -0.25) is 19.6 Å². The van der Waals surface area contributed by atoms with Gasteiger partial charge in [-0.1, -0.05) is 44.2 Å². The van der Waals surface area contributed by atoms with Crippen molar-refractivity contribution in [2.24, 2.45) is 38.8 Å². The Bertz CT molecular complexity index is 1130. The summed E-state index contributed by atoms with van der Waals surface area (Å²) in [6, 6.07) is 3.51. The molecule has 1 aromatic rings. The molecular formula is C27H45ClN10O6. The van der Waals surface area contributed by atoms with Crippen molar-refractivity contribution in [3.8, 4) is 0 Å². The lowest BCUT2D eigenvalue weighted by molar-refractivity contribution is -0.139. The molecule has 0 aliphatic carbocycles. The van der Waals surface area contributed by atoms with E-state index in [1.165, 1.54) is 0 Å². The van der Waals surface area contributed by atoms with E-state index in [1.807, 2.05) is 0 Å². The number of nitrogens with one attached hydrogen (secondary N) is 4. The Hall–Kier alpha value is -4.60. The normalized spacial score (nSPS) is 13.1. The molecule has 1 rings (SSSR count). The first kappa shape index (κ1) is 39.4. The summed E-state index contributed by atoms with van der Waals surface area (Å²) in [4.78, 5) is 70.3. The molecule has 0 radical (unpaired) electrons. The highest BCUT2D eigenvalue weighted by Gasteiger charge is 2.30. The van der Waals surface area contributed by atoms with Gasteiger partial charge in [-0.05, 0) is 37.2 Å². The van der Waals surface area contributed by atoms with Crippen LogP contribution >= 0.6 is 12.4 Å². The van der Waals surface area contributed by atoms with Crippen LogP contribution in [0, 0.1) is 5.92 Å². The van der Waals surface area contributed by atoms with Crippen LogP contribution in [0.1, 0.15) is 45.1 Å². The van der Waals surface area contributed by atoms with Crippen molar-refractivity contribution in [1.29, 1.82) is 0 Å². The molecule has 0 saturated heterocycles. The number of aliphatic imine (C=N–C) groups is 2. The van der Waals surface area contributed by atoms with E-state index in [0.29, 0.717) is 18.3 Å². The molecule has 4 amide bonds. The topological polar surface area (TPSA) is 282 Å². The molecular weight excluding hydrogens is 596 g/mol. The maximum absolute atomic E-state index is 13.3. The number of aldehydes is 1. The summed E-state index contributed by atoms with van der Waals surface area (Å²) in [5, 5.41) is 19.7. The van der Waals surface area contributed by atoms with Gasteiger partial charge in [0.15, 0.2) is 11.9 Å². The molecule has 246 valence electrons. The molecule has 1 aromatic carbocycles. The van der Waals surface area contributed by atoms with E-state index in [9.17, 15) is 29.1 Å². The molecule has 0 heterocycles. The third-order valence-corrected chi connectivity index (χ3v) is 6.16. The molecule has 0 aliphatic heterocycles. The second-order valence-corrected chi connectivity index (χ2v) is 10.1. The van der Waals surface area contributed by atoms with Gasteiger partial charge in [0, 0.05) is 19.5 Å². The maximum Gasteiger partial charge on any atom is 0.326 e. The van der Waals surface area contributed by atoms with Gasteiger partial charge in [-0.25, -0.2) is 9.59 Å². The molecule has 13 N–H and O–H groups in total. The third kappa shape index (κ3) is 16.1. The second kappa shape index (κ2) is 21.1. The van der Waals surface area contributed by atoms with Crippen LogP contribution in [-0.2, 0) is 25.6 Å². The number of nitrogens with two attached hydrogens (primary N) is 4. The van der Waals surface area contributed by atoms with E-state index in [4.69, 9.17) is 22.9 Å². The number of carbonyl (C=O) groups excluding carboxylic acids is 4. The number of aliphatic carboxylic acids is 1. The number of guanidine groups is 2. The Balaban J connectivity index is 0.0000185. The monoisotopic (exact) mass is 640 g/mol. The van der Waals surface area contributed by atoms with Crippen LogP contribution in [0.15, 0.2) is 40.3 Å². The summed E-state index contributed by atoms with van der Waals surface area (Å²) < 4.78 is 0. The molecule has 17 heteroatoms. The first-order valence-electron chi connectivity index (χ1n) is 13.8. The molecule has 44 heavy (non-hydrogen) atoms. The number of carbonyl (C=O) groups is 5. The van der Waals surface area contributed by atoms with Crippen LogP contribution in [0.3, 0.4) is 0 Å². The highest BCUT2D eigenvalue weighted by molar-refractivity contribution is 5.93. The molecule has 0 saturated carbocycles. The Morgan fingerprint density at radius 2 is 1.36 bits per heavy atom. The van der Waals surface area contributed by atoms with Crippen molar-refractivity contribution < 1.29 is 29.1 Å². The van der Waals surface area contributed by atoms with Crippen LogP contribution in [0.25, 0.3) is 0 Å². The molecule has 0 bridgehead atoms. The van der Waals surface area contributed by atoms with Crippen molar-refractivity contribution >= 4 is 54.4 Å². The zero-order valence-corrected chi connectivity index (χ0v) is 25.7. The third-order valence-electron chi connectivity index (χ3n) is 6.16. The Kier molecular flexibility index (Phi) is 18.9. The van der Waals surface area contributed by atoms with E-state index < -0.39 is 53.9 Å². The first-order chi connectivity index (χ1) is 20.3. The molecule has 0 aliphatic rings. The largest absolute Gasteiger partial charge is 0.480 e. The van der Waals surface area contributed by atoms with Gasteiger partial charge in [0.2, 0.25) is 11.8 Å². The number of urea groups is 1. The Labute approximate surface area is 262 Å². The summed E-state index contributed by atoms with van der Waals surface area (Å²) in [5.74, 6) is -3.17. The zero-order chi connectivity index (χ0) is 32.4. The minimum absolute atomic E-state index is 0. The minimum Gasteiger partial charge on any atom is -0.480 e. The predicted molar refractivity (Wildman–Crippen MR) is 169 cm³/mol. The van der Waals surface area contributed by atoms with Crippen LogP contribution < -0.4 is 44.2 Å². The predicted octanol–water partition coefficient (Wildman–Crippen LogP) is -1.30. The van der Waals surface area contributed by atoms with Gasteiger partial charge < -0.3 is 54.1 Å². The Morgan fingerprint density at radius 1 is 0.818 bits per heavy atom. The van der Waals surface area contributed by atoms with Crippen LogP contribution in [0.5, 0.6) is 0 Å². The number of halogens is 1. The summed E-state index contributed by atoms with van der Waals surface area (Å²) in [7, 11) is 0. The Morgan fingerprint density at radius 3 is 1.86 bits per heavy atom. The highest BCUT2D eigenvalue weighted by Crippen LogP contribution is 2.08. The fourth-order valence-corrected chi connectivity index (χ4v) is 3.94. The van der Waals surface area contributed by atoms with E-state index >= 15 is 0 Å². The molecule has 16 nitrogen and oxygen atoms in total. The van der Waals surface area contributed by atoms with Crippen molar-refractivity contribution in [1.82, 2.24) is 21.3 Å². The number of rotatable bonds is 19. The average Bonchev–Trinajstić information content (AvgIpc) is 2.94. The molecule has 4 atom stereocenters. The summed E-state index contributed by atoms with van der Waals surface area (Å²) >= 11 is 0. The molecule has 0 spiro atoms. The quantitative estimate of drug-likeness (QED) is 0.0373. The van der Waals surface area contributed by atoms with Gasteiger partial charge in [-0.15, -0.1) is 12.4 Å². The standard InChI is InChI=1S/C27H44N10O6.ClH/c1-16(2)21(23(40)34-18(15-38)10-6-12-32-25(28)29)37-22(39)19(11-7-13-33-26(30)31)35-27(43)36-20(24(41)42)14-17-8-4-3-5-9-17;/h3-5,8-9,15-16,18-21H,6-7,10-14H2,1-2H3,(H,34,40)(H,37,39)(H,41,42)(H4,28,29,32)(H4,30,31,33)(H2,35,36,43);1H/t18-,19-,20-,21-;/m0./s1. The van der Waals surface area contributed by atoms with E-state index in [2.05, 4.69) is 31.3 Å². The number of hydrogen-bond acceptors (Lipinski definition) is 7. The van der Waals surface area contributed by atoms with Crippen molar-refractivity contribution in [3.05, 3.63) is 35.9 Å². The number of benzene rings is 1. The lowest BCUT2D eigenvalue weighted by Crippen LogP contribution is -2.58. The van der Waals surface area contributed by atoms with Gasteiger partial charge in [0.05, 0.1) is 6.04 Å². The number of hydrogen-bond donors (Lipinski definition) is 9. The molecule has 0 aromatic heterocycles. The van der Waals surface area contributed by atoms with Crippen LogP contribution in [-0.4, -0.2) is 84.4 Å². The van der Waals surface area contributed by atoms with Gasteiger partial charge in [0.25, 0.3) is 0 Å². The van der Waals surface area contributed by atoms with Gasteiger partial charge in [0.1, 0.15) is 24.4 Å². The van der Waals surface area contributed by atoms with Gasteiger partial charge >= 0.3 is 12.0 Å². The number of amides is 4. The van der Waals surface area contributed by atoms with E-state index in [1.54, 1.807) is 44.2 Å². The lowest BCUT2D eigenvalue weighted by Gasteiger charge is -2.27. The number of carboxylic acid groups (broad SMARTS) is 1. The SMILES string of the molecule is CC(C)[C@H](NC(=O)[C@H](CCCN=C(N)N)NC(=O)N[C@@H](Cc1ccccc1)C(=O)O)C(=O)N[C@H](C=O)CCCN=C(N)N.Cl. The molecule has 0 unspecified atom stereocenters. The van der Waals surface area contributed by atoms with Crippen LogP contribution in [0.4, 0.5) is 4.79 Å². The van der Waals surface area contributed by atoms with Crippen LogP contribution in [0.2, 0.25) is 0 Å². The number of carboxylic acids is 1. The lowest BCUT2D eigenvalue weighted by atomic mass is 10.0. The maximum atomic E-state index is 13.3. The fourth-order valence-electron chi connectivity index (χ4n) is 3.94. The summed E-state index contributed by atoms with van der Waals surface area (Å²) in [6.07, 6.45) is 1.65. The smallest absolute Gasteiger partial charge is 0.326 e. The first-order valence-corrected chi connectivity index (χ1v) is 13.8. The van der Waals surface area contributed by atoms with E-state index in [-0.39, 0.29) is 63.1 Å². The number of nitrogens with zero attached hydrogens (tertiary/aromatic N) is 2. The highest BCUT2D eigenvalue weighted by atomic mass is 35.5. The summed E-state index contributed by atoms with van der Waals surface area (Å²) in [6.45, 7) is 3.84. The van der Waals surface area contributed by atoms with Crippen molar-refractivity contribution in [2.45, 2.75) is 70.1 Å².